The van der Waals surface area contributed by atoms with Crippen molar-refractivity contribution in [1.82, 2.24) is 4.98 Å². The van der Waals surface area contributed by atoms with Gasteiger partial charge in [-0.15, -0.1) is 11.3 Å². The minimum atomic E-state index is -0.842. The van der Waals surface area contributed by atoms with Crippen molar-refractivity contribution in [2.24, 2.45) is 0 Å². The predicted octanol–water partition coefficient (Wildman–Crippen LogP) is 2.97. The van der Waals surface area contributed by atoms with Crippen LogP contribution in [0.15, 0.2) is 29.6 Å². The molecule has 0 aliphatic heterocycles. The number of aryl methyl sites for hydroxylation is 1. The number of thiazole rings is 1. The quantitative estimate of drug-likeness (QED) is 0.908. The summed E-state index contributed by atoms with van der Waals surface area (Å²) in [5.41, 5.74) is 1.45. The van der Waals surface area contributed by atoms with E-state index in [4.69, 9.17) is 5.11 Å². The molecule has 2 aromatic rings. The third-order valence-corrected chi connectivity index (χ3v) is 3.16. The number of halogens is 1. The average molecular weight is 251 g/mol. The molecule has 1 N–H and O–H groups in total. The third kappa shape index (κ3) is 3.10. The Hall–Kier alpha value is -1.75. The predicted molar refractivity (Wildman–Crippen MR) is 63.5 cm³/mol. The highest BCUT2D eigenvalue weighted by Gasteiger charge is 2.07. The van der Waals surface area contributed by atoms with Gasteiger partial charge in [-0.25, -0.2) is 9.37 Å². The molecule has 0 radical (unpaired) electrons. The van der Waals surface area contributed by atoms with Gasteiger partial charge >= 0.3 is 5.97 Å². The van der Waals surface area contributed by atoms with Crippen LogP contribution < -0.4 is 0 Å². The first-order valence-electron chi connectivity index (χ1n) is 5.07. The van der Waals surface area contributed by atoms with E-state index in [1.165, 1.54) is 23.5 Å². The number of rotatable bonds is 4. The summed E-state index contributed by atoms with van der Waals surface area (Å²) in [6, 6.07) is 6.20. The van der Waals surface area contributed by atoms with Crippen molar-refractivity contribution < 1.29 is 14.3 Å². The van der Waals surface area contributed by atoms with Crippen molar-refractivity contribution in [2.75, 3.05) is 0 Å². The SMILES string of the molecule is O=C(O)CCc1csc(-c2cccc(F)c2)n1. The molecule has 88 valence electrons. The van der Waals surface area contributed by atoms with Crippen LogP contribution in [0, 0.1) is 5.82 Å². The van der Waals surface area contributed by atoms with E-state index in [1.807, 2.05) is 5.38 Å². The number of carboxylic acid groups (broad SMARTS) is 1. The van der Waals surface area contributed by atoms with Gasteiger partial charge < -0.3 is 5.11 Å². The lowest BCUT2D eigenvalue weighted by atomic mass is 10.2. The molecule has 0 spiro atoms. The van der Waals surface area contributed by atoms with Crippen LogP contribution in [0.2, 0.25) is 0 Å². The summed E-state index contributed by atoms with van der Waals surface area (Å²) < 4.78 is 13.0. The number of benzene rings is 1. The highest BCUT2D eigenvalue weighted by atomic mass is 32.1. The number of carbonyl (C=O) groups is 1. The molecule has 0 aliphatic carbocycles. The number of aromatic nitrogens is 1. The molecule has 0 saturated heterocycles. The lowest BCUT2D eigenvalue weighted by Crippen LogP contribution is -1.97. The van der Waals surface area contributed by atoms with E-state index < -0.39 is 5.97 Å². The number of nitrogens with zero attached hydrogens (tertiary/aromatic N) is 1. The van der Waals surface area contributed by atoms with Crippen molar-refractivity contribution in [1.29, 1.82) is 0 Å². The highest BCUT2D eigenvalue weighted by molar-refractivity contribution is 7.13. The Morgan fingerprint density at radius 3 is 3.00 bits per heavy atom. The molecule has 0 bridgehead atoms. The topological polar surface area (TPSA) is 50.2 Å². The fraction of sp³-hybridized carbons (Fsp3) is 0.167. The Morgan fingerprint density at radius 1 is 1.47 bits per heavy atom. The van der Waals surface area contributed by atoms with E-state index in [9.17, 15) is 9.18 Å². The monoisotopic (exact) mass is 251 g/mol. The lowest BCUT2D eigenvalue weighted by Gasteiger charge is -1.95. The molecule has 17 heavy (non-hydrogen) atoms. The van der Waals surface area contributed by atoms with Gasteiger partial charge in [0.05, 0.1) is 12.1 Å². The van der Waals surface area contributed by atoms with E-state index in [0.29, 0.717) is 11.4 Å². The van der Waals surface area contributed by atoms with Gasteiger partial charge in [0.15, 0.2) is 0 Å². The van der Waals surface area contributed by atoms with Gasteiger partial charge in [-0.05, 0) is 12.1 Å². The van der Waals surface area contributed by atoms with Crippen molar-refractivity contribution >= 4 is 17.3 Å². The molecule has 0 fully saturated rings. The maximum absolute atomic E-state index is 13.0. The largest absolute Gasteiger partial charge is 0.481 e. The zero-order valence-corrected chi connectivity index (χ0v) is 9.71. The summed E-state index contributed by atoms with van der Waals surface area (Å²) >= 11 is 1.39. The molecule has 0 aliphatic rings. The second kappa shape index (κ2) is 5.05. The zero-order valence-electron chi connectivity index (χ0n) is 8.89. The van der Waals surface area contributed by atoms with Gasteiger partial charge in [-0.3, -0.25) is 4.79 Å². The van der Waals surface area contributed by atoms with Crippen LogP contribution in [0.1, 0.15) is 12.1 Å². The Labute approximate surface area is 102 Å². The highest BCUT2D eigenvalue weighted by Crippen LogP contribution is 2.24. The molecule has 5 heteroatoms. The van der Waals surface area contributed by atoms with Crippen LogP contribution in [0.5, 0.6) is 0 Å². The van der Waals surface area contributed by atoms with Gasteiger partial charge in [0.25, 0.3) is 0 Å². The summed E-state index contributed by atoms with van der Waals surface area (Å²) in [4.78, 5) is 14.7. The second-order valence-corrected chi connectivity index (χ2v) is 4.41. The van der Waals surface area contributed by atoms with E-state index in [1.54, 1.807) is 12.1 Å². The minimum Gasteiger partial charge on any atom is -0.481 e. The summed E-state index contributed by atoms with van der Waals surface area (Å²) in [6.45, 7) is 0. The molecular formula is C12H10FNO2S. The molecule has 1 aromatic carbocycles. The Bertz CT molecular complexity index is 539. The van der Waals surface area contributed by atoms with Gasteiger partial charge in [0, 0.05) is 17.4 Å². The van der Waals surface area contributed by atoms with Crippen LogP contribution >= 0.6 is 11.3 Å². The number of aliphatic carboxylic acids is 1. The third-order valence-electron chi connectivity index (χ3n) is 2.22. The molecule has 2 rings (SSSR count). The fourth-order valence-corrected chi connectivity index (χ4v) is 2.26. The van der Waals surface area contributed by atoms with Crippen LogP contribution in [-0.4, -0.2) is 16.1 Å². The minimum absolute atomic E-state index is 0.0618. The van der Waals surface area contributed by atoms with Crippen molar-refractivity contribution in [3.8, 4) is 10.6 Å². The van der Waals surface area contributed by atoms with E-state index >= 15 is 0 Å². The summed E-state index contributed by atoms with van der Waals surface area (Å²) in [5.74, 6) is -1.14. The first-order chi connectivity index (χ1) is 8.15. The molecule has 3 nitrogen and oxygen atoms in total. The zero-order chi connectivity index (χ0) is 12.3. The van der Waals surface area contributed by atoms with E-state index in [2.05, 4.69) is 4.98 Å². The first-order valence-corrected chi connectivity index (χ1v) is 5.95. The van der Waals surface area contributed by atoms with Crippen LogP contribution in [-0.2, 0) is 11.2 Å². The molecule has 0 atom stereocenters. The maximum Gasteiger partial charge on any atom is 0.303 e. The normalized spacial score (nSPS) is 10.4. The van der Waals surface area contributed by atoms with Crippen LogP contribution in [0.3, 0.4) is 0 Å². The van der Waals surface area contributed by atoms with Crippen LogP contribution in [0.4, 0.5) is 4.39 Å². The molecule has 0 unspecified atom stereocenters. The Balaban J connectivity index is 2.15. The van der Waals surface area contributed by atoms with E-state index in [-0.39, 0.29) is 12.2 Å². The Kier molecular flexibility index (Phi) is 3.49. The molecule has 0 amide bonds. The summed E-state index contributed by atoms with van der Waals surface area (Å²) in [7, 11) is 0. The number of hydrogen-bond acceptors (Lipinski definition) is 3. The van der Waals surface area contributed by atoms with E-state index in [0.717, 1.165) is 11.3 Å². The summed E-state index contributed by atoms with van der Waals surface area (Å²) in [6.07, 6.45) is 0.466. The fourth-order valence-electron chi connectivity index (χ4n) is 1.41. The van der Waals surface area contributed by atoms with Crippen LogP contribution in [0.25, 0.3) is 10.6 Å². The van der Waals surface area contributed by atoms with Gasteiger partial charge in [-0.2, -0.15) is 0 Å². The second-order valence-electron chi connectivity index (χ2n) is 3.55. The standard InChI is InChI=1S/C12H10FNO2S/c13-9-3-1-2-8(6-9)12-14-10(7-17-12)4-5-11(15)16/h1-3,6-7H,4-5H2,(H,15,16). The Morgan fingerprint density at radius 2 is 2.29 bits per heavy atom. The van der Waals surface area contributed by atoms with Crippen molar-refractivity contribution in [2.45, 2.75) is 12.8 Å². The lowest BCUT2D eigenvalue weighted by molar-refractivity contribution is -0.136. The smallest absolute Gasteiger partial charge is 0.303 e. The number of carboxylic acids is 1. The maximum atomic E-state index is 13.0. The molecule has 0 saturated carbocycles. The molecule has 1 heterocycles. The first kappa shape index (κ1) is 11.7. The van der Waals surface area contributed by atoms with Crippen molar-refractivity contribution in [3.63, 3.8) is 0 Å². The van der Waals surface area contributed by atoms with Gasteiger partial charge in [-0.1, -0.05) is 12.1 Å². The van der Waals surface area contributed by atoms with Crippen molar-refractivity contribution in [3.05, 3.63) is 41.2 Å². The number of hydrogen-bond donors (Lipinski definition) is 1. The van der Waals surface area contributed by atoms with Gasteiger partial charge in [0.2, 0.25) is 0 Å². The average Bonchev–Trinajstić information content (AvgIpc) is 2.75. The van der Waals surface area contributed by atoms with Gasteiger partial charge in [0.1, 0.15) is 10.8 Å². The molecule has 1 aromatic heterocycles. The summed E-state index contributed by atoms with van der Waals surface area (Å²) in [5, 5.41) is 11.1. The molecular weight excluding hydrogens is 241 g/mol.